The number of pyridine rings is 1. The molecule has 5 aromatic rings. The molecule has 0 fully saturated rings. The van der Waals surface area contributed by atoms with Gasteiger partial charge < -0.3 is 19.4 Å². The third-order valence-corrected chi connectivity index (χ3v) is 5.47. The molecule has 0 aliphatic heterocycles. The van der Waals surface area contributed by atoms with Crippen molar-refractivity contribution in [2.24, 2.45) is 7.05 Å². The molecule has 4 aromatic heterocycles. The van der Waals surface area contributed by atoms with Crippen LogP contribution in [0.1, 0.15) is 11.5 Å². The first-order valence-electron chi connectivity index (χ1n) is 10.8. The number of nitrogens with zero attached hydrogens (tertiary/aromatic N) is 7. The molecule has 35 heavy (non-hydrogen) atoms. The number of hydrogen-bond donors (Lipinski definition) is 1. The Morgan fingerprint density at radius 3 is 2.60 bits per heavy atom. The van der Waals surface area contributed by atoms with Gasteiger partial charge in [-0.25, -0.2) is 19.3 Å². The number of aromatic amines is 1. The molecular formula is C24H23FN8O2. The van der Waals surface area contributed by atoms with E-state index in [1.54, 1.807) is 46.4 Å². The predicted octanol–water partition coefficient (Wildman–Crippen LogP) is 3.95. The van der Waals surface area contributed by atoms with Crippen LogP contribution in [0.15, 0.2) is 49.1 Å². The Labute approximate surface area is 200 Å². The number of hydrogen-bond acceptors (Lipinski definition) is 8. The Bertz CT molecular complexity index is 1510. The van der Waals surface area contributed by atoms with Gasteiger partial charge in [-0.05, 0) is 19.1 Å². The van der Waals surface area contributed by atoms with Crippen molar-refractivity contribution in [3.8, 4) is 22.8 Å². The molecule has 11 heteroatoms. The second-order valence-corrected chi connectivity index (χ2v) is 7.93. The average molecular weight is 475 g/mol. The van der Waals surface area contributed by atoms with Crippen molar-refractivity contribution in [2.45, 2.75) is 13.5 Å². The summed E-state index contributed by atoms with van der Waals surface area (Å²) in [5.74, 6) is 1.05. The van der Waals surface area contributed by atoms with Crippen molar-refractivity contribution in [2.75, 3.05) is 19.1 Å². The van der Waals surface area contributed by atoms with Gasteiger partial charge in [0.1, 0.15) is 22.9 Å². The van der Waals surface area contributed by atoms with E-state index in [-0.39, 0.29) is 18.0 Å². The molecule has 0 saturated carbocycles. The number of methoxy groups -OCH3 is 2. The average Bonchev–Trinajstić information content (AvgIpc) is 3.50. The first-order valence-corrected chi connectivity index (χ1v) is 10.8. The Morgan fingerprint density at radius 2 is 1.91 bits per heavy atom. The maximum atomic E-state index is 15.5. The molecule has 0 saturated heterocycles. The van der Waals surface area contributed by atoms with Crippen molar-refractivity contribution in [1.29, 1.82) is 0 Å². The number of ether oxygens (including phenoxy) is 2. The highest BCUT2D eigenvalue weighted by atomic mass is 19.1. The lowest BCUT2D eigenvalue weighted by Gasteiger charge is -2.25. The number of aryl methyl sites for hydroxylation is 2. The van der Waals surface area contributed by atoms with E-state index in [2.05, 4.69) is 25.0 Å². The highest BCUT2D eigenvalue weighted by Gasteiger charge is 2.22. The summed E-state index contributed by atoms with van der Waals surface area (Å²) in [7, 11) is 4.76. The third kappa shape index (κ3) is 4.35. The molecular weight excluding hydrogens is 451 g/mol. The van der Waals surface area contributed by atoms with Gasteiger partial charge in [0.25, 0.3) is 0 Å². The van der Waals surface area contributed by atoms with Crippen LogP contribution < -0.4 is 14.4 Å². The number of imidazole rings is 1. The van der Waals surface area contributed by atoms with Gasteiger partial charge in [-0.3, -0.25) is 9.67 Å². The summed E-state index contributed by atoms with van der Waals surface area (Å²) in [6, 6.07) is 6.65. The number of halogens is 1. The van der Waals surface area contributed by atoms with Crippen LogP contribution in [0.4, 0.5) is 15.9 Å². The number of fused-ring (bicyclic) bond motifs is 1. The van der Waals surface area contributed by atoms with Crippen LogP contribution >= 0.6 is 0 Å². The first kappa shape index (κ1) is 22.3. The van der Waals surface area contributed by atoms with Gasteiger partial charge in [-0.2, -0.15) is 5.10 Å². The largest absolute Gasteiger partial charge is 0.497 e. The summed E-state index contributed by atoms with van der Waals surface area (Å²) in [6.45, 7) is 2.12. The van der Waals surface area contributed by atoms with Crippen LogP contribution in [0.5, 0.6) is 11.5 Å². The van der Waals surface area contributed by atoms with E-state index in [4.69, 9.17) is 14.5 Å². The summed E-state index contributed by atoms with van der Waals surface area (Å²) in [4.78, 5) is 23.2. The molecule has 10 nitrogen and oxygen atoms in total. The quantitative estimate of drug-likeness (QED) is 0.378. The number of rotatable bonds is 7. The molecule has 0 atom stereocenters. The van der Waals surface area contributed by atoms with Gasteiger partial charge in [0.2, 0.25) is 0 Å². The van der Waals surface area contributed by atoms with Crippen molar-refractivity contribution >= 4 is 22.7 Å². The predicted molar refractivity (Wildman–Crippen MR) is 128 cm³/mol. The fraction of sp³-hybridized carbons (Fsp3) is 0.208. The van der Waals surface area contributed by atoms with Crippen LogP contribution in [-0.2, 0) is 13.6 Å². The number of aromatic nitrogens is 7. The summed E-state index contributed by atoms with van der Waals surface area (Å²) in [6.07, 6.45) is 6.96. The van der Waals surface area contributed by atoms with Gasteiger partial charge in [-0.15, -0.1) is 0 Å². The summed E-state index contributed by atoms with van der Waals surface area (Å²) >= 11 is 0. The number of anilines is 2. The molecule has 178 valence electrons. The van der Waals surface area contributed by atoms with Gasteiger partial charge in [-0.1, -0.05) is 0 Å². The van der Waals surface area contributed by atoms with E-state index in [0.717, 1.165) is 11.3 Å². The second kappa shape index (κ2) is 9.01. The molecule has 1 aromatic carbocycles. The summed E-state index contributed by atoms with van der Waals surface area (Å²) in [5, 5.41) is 4.19. The Morgan fingerprint density at radius 1 is 1.06 bits per heavy atom. The van der Waals surface area contributed by atoms with Crippen LogP contribution in [0.25, 0.3) is 22.4 Å². The van der Waals surface area contributed by atoms with E-state index in [1.807, 2.05) is 20.2 Å². The Kier molecular flexibility index (Phi) is 5.73. The van der Waals surface area contributed by atoms with Crippen molar-refractivity contribution < 1.29 is 13.9 Å². The van der Waals surface area contributed by atoms with Crippen LogP contribution in [-0.4, -0.2) is 48.9 Å². The fourth-order valence-electron chi connectivity index (χ4n) is 3.74. The number of benzene rings is 1. The lowest BCUT2D eigenvalue weighted by atomic mass is 10.2. The monoisotopic (exact) mass is 474 g/mol. The summed E-state index contributed by atoms with van der Waals surface area (Å²) in [5.41, 5.74) is 3.59. The van der Waals surface area contributed by atoms with E-state index in [0.29, 0.717) is 34.2 Å². The van der Waals surface area contributed by atoms with Gasteiger partial charge in [0.05, 0.1) is 44.5 Å². The number of nitrogens with one attached hydrogen (secondary N) is 1. The van der Waals surface area contributed by atoms with Gasteiger partial charge in [0.15, 0.2) is 17.2 Å². The van der Waals surface area contributed by atoms with Gasteiger partial charge >= 0.3 is 0 Å². The SMILES string of the molecule is COc1cc(OC)c(F)c(N(Cc2ncc(C)[nH]2)c2ccc3ncc(-c4cnn(C)c4)nc3n2)c1. The van der Waals surface area contributed by atoms with Crippen molar-refractivity contribution in [3.05, 3.63) is 66.4 Å². The van der Waals surface area contributed by atoms with Crippen LogP contribution in [0, 0.1) is 12.7 Å². The highest BCUT2D eigenvalue weighted by Crippen LogP contribution is 2.37. The minimum absolute atomic E-state index is 0.0550. The topological polar surface area (TPSA) is 107 Å². The molecule has 0 aliphatic rings. The van der Waals surface area contributed by atoms with Crippen molar-refractivity contribution in [3.63, 3.8) is 0 Å². The van der Waals surface area contributed by atoms with Crippen LogP contribution in [0.2, 0.25) is 0 Å². The second-order valence-electron chi connectivity index (χ2n) is 7.93. The summed E-state index contributed by atoms with van der Waals surface area (Å²) < 4.78 is 27.8. The molecule has 0 amide bonds. The molecule has 5 rings (SSSR count). The number of H-pyrrole nitrogens is 1. The molecule has 0 aliphatic carbocycles. The molecule has 0 unspecified atom stereocenters. The maximum Gasteiger partial charge on any atom is 0.188 e. The van der Waals surface area contributed by atoms with E-state index < -0.39 is 5.82 Å². The zero-order valence-electron chi connectivity index (χ0n) is 19.7. The third-order valence-electron chi connectivity index (χ3n) is 5.47. The Hall–Kier alpha value is -4.54. The fourth-order valence-corrected chi connectivity index (χ4v) is 3.74. The molecule has 4 heterocycles. The lowest BCUT2D eigenvalue weighted by Crippen LogP contribution is -2.20. The van der Waals surface area contributed by atoms with E-state index >= 15 is 4.39 Å². The smallest absolute Gasteiger partial charge is 0.188 e. The zero-order chi connectivity index (χ0) is 24.5. The first-order chi connectivity index (χ1) is 16.9. The lowest BCUT2D eigenvalue weighted by molar-refractivity contribution is 0.374. The normalized spacial score (nSPS) is 11.1. The van der Waals surface area contributed by atoms with Crippen LogP contribution in [0.3, 0.4) is 0 Å². The van der Waals surface area contributed by atoms with E-state index in [1.165, 1.54) is 20.3 Å². The van der Waals surface area contributed by atoms with Crippen molar-refractivity contribution in [1.82, 2.24) is 34.7 Å². The Balaban J connectivity index is 1.65. The molecule has 0 radical (unpaired) electrons. The highest BCUT2D eigenvalue weighted by molar-refractivity contribution is 5.77. The minimum atomic E-state index is -0.548. The maximum absolute atomic E-state index is 15.5. The molecule has 1 N–H and O–H groups in total. The zero-order valence-corrected chi connectivity index (χ0v) is 19.7. The molecule has 0 bridgehead atoms. The van der Waals surface area contributed by atoms with E-state index in [9.17, 15) is 0 Å². The molecule has 0 spiro atoms. The minimum Gasteiger partial charge on any atom is -0.497 e. The van der Waals surface area contributed by atoms with Gasteiger partial charge in [0, 0.05) is 42.8 Å². The standard InChI is InChI=1S/C24H23FN8O2/c1-14-9-27-21(29-14)13-33(19-7-16(34-3)8-20(35-4)23(19)25)22-6-5-17-24(31-22)30-18(11-26-17)15-10-28-32(2)12-15/h5-12H,13H2,1-4H3,(H,27,29).